The van der Waals surface area contributed by atoms with Gasteiger partial charge in [0.2, 0.25) is 5.91 Å². The summed E-state index contributed by atoms with van der Waals surface area (Å²) in [5.41, 5.74) is 1.83. The van der Waals surface area contributed by atoms with E-state index in [-0.39, 0.29) is 5.91 Å². The van der Waals surface area contributed by atoms with Crippen molar-refractivity contribution < 1.29 is 4.79 Å². The van der Waals surface area contributed by atoms with Crippen molar-refractivity contribution in [3.63, 3.8) is 0 Å². The molecular weight excluding hydrogens is 242 g/mol. The summed E-state index contributed by atoms with van der Waals surface area (Å²) in [5.74, 6) is 0.905. The van der Waals surface area contributed by atoms with Gasteiger partial charge in [-0.3, -0.25) is 4.79 Å². The summed E-state index contributed by atoms with van der Waals surface area (Å²) in [7, 11) is 0. The van der Waals surface area contributed by atoms with Crippen LogP contribution in [0.4, 0.5) is 5.69 Å². The summed E-state index contributed by atoms with van der Waals surface area (Å²) in [6.45, 7) is 4.20. The van der Waals surface area contributed by atoms with E-state index in [4.69, 9.17) is 11.6 Å². The zero-order chi connectivity index (χ0) is 12.1. The van der Waals surface area contributed by atoms with Gasteiger partial charge >= 0.3 is 0 Å². The maximum atomic E-state index is 11.4. The van der Waals surface area contributed by atoms with E-state index in [9.17, 15) is 4.79 Å². The van der Waals surface area contributed by atoms with Gasteiger partial charge in [-0.15, -0.1) is 0 Å². The molecule has 1 N–H and O–H groups in total. The molecule has 0 aromatic heterocycles. The molecule has 0 aliphatic carbocycles. The Hall–Kier alpha value is -0.670. The molecule has 1 amide bonds. The number of benzene rings is 1. The predicted octanol–water partition coefficient (Wildman–Crippen LogP) is 3.72. The molecule has 88 valence electrons. The van der Waals surface area contributed by atoms with Gasteiger partial charge in [-0.2, -0.15) is 12.6 Å². The zero-order valence-corrected chi connectivity index (χ0v) is 11.1. The Morgan fingerprint density at radius 2 is 2.19 bits per heavy atom. The van der Waals surface area contributed by atoms with Crippen LogP contribution in [0.1, 0.15) is 31.7 Å². The van der Waals surface area contributed by atoms with Crippen molar-refractivity contribution in [2.45, 2.75) is 26.2 Å². The van der Waals surface area contributed by atoms with Crippen LogP contribution in [0.2, 0.25) is 5.02 Å². The molecular formula is C12H16ClNOS. The topological polar surface area (TPSA) is 29.1 Å². The number of hydrogen-bond acceptors (Lipinski definition) is 2. The fourth-order valence-electron chi connectivity index (χ4n) is 1.31. The molecule has 4 heteroatoms. The summed E-state index contributed by atoms with van der Waals surface area (Å²) >= 11 is 10.1. The van der Waals surface area contributed by atoms with Crippen molar-refractivity contribution in [3.05, 3.63) is 28.8 Å². The molecule has 1 aromatic carbocycles. The van der Waals surface area contributed by atoms with Gasteiger partial charge in [0.05, 0.1) is 10.7 Å². The highest BCUT2D eigenvalue weighted by Crippen LogP contribution is 2.26. The summed E-state index contributed by atoms with van der Waals surface area (Å²) in [6, 6.07) is 5.71. The van der Waals surface area contributed by atoms with E-state index in [1.54, 1.807) is 0 Å². The Morgan fingerprint density at radius 1 is 1.50 bits per heavy atom. The Morgan fingerprint density at radius 3 is 2.69 bits per heavy atom. The minimum Gasteiger partial charge on any atom is -0.325 e. The van der Waals surface area contributed by atoms with Gasteiger partial charge in [-0.05, 0) is 29.4 Å². The molecule has 2 nitrogen and oxygen atoms in total. The Labute approximate surface area is 107 Å². The standard InChI is InChI=1S/C12H16ClNOS/c1-8(2)9-3-4-11(10(13)7-9)14-12(15)5-6-16/h3-4,7-8,16H,5-6H2,1-2H3,(H,14,15). The van der Waals surface area contributed by atoms with Crippen molar-refractivity contribution in [1.82, 2.24) is 0 Å². The van der Waals surface area contributed by atoms with Gasteiger partial charge in [0.15, 0.2) is 0 Å². The van der Waals surface area contributed by atoms with E-state index >= 15 is 0 Å². The Bertz CT molecular complexity index is 379. The third-order valence-electron chi connectivity index (χ3n) is 2.27. The number of hydrogen-bond donors (Lipinski definition) is 2. The van der Waals surface area contributed by atoms with Crippen molar-refractivity contribution >= 4 is 35.8 Å². The SMILES string of the molecule is CC(C)c1ccc(NC(=O)CCS)c(Cl)c1. The first-order valence-corrected chi connectivity index (χ1v) is 6.25. The molecule has 0 unspecified atom stereocenters. The summed E-state index contributed by atoms with van der Waals surface area (Å²) in [6.07, 6.45) is 0.394. The number of anilines is 1. The first-order chi connectivity index (χ1) is 7.54. The fourth-order valence-corrected chi connectivity index (χ4v) is 1.75. The monoisotopic (exact) mass is 257 g/mol. The zero-order valence-electron chi connectivity index (χ0n) is 9.46. The number of thiol groups is 1. The molecule has 0 heterocycles. The normalized spacial score (nSPS) is 10.6. The van der Waals surface area contributed by atoms with Crippen LogP contribution in [0.25, 0.3) is 0 Å². The number of halogens is 1. The molecule has 0 atom stereocenters. The molecule has 0 radical (unpaired) electrons. The van der Waals surface area contributed by atoms with Gasteiger partial charge in [0.1, 0.15) is 0 Å². The van der Waals surface area contributed by atoms with Crippen LogP contribution in [0, 0.1) is 0 Å². The van der Waals surface area contributed by atoms with Crippen molar-refractivity contribution in [2.75, 3.05) is 11.1 Å². The third kappa shape index (κ3) is 3.72. The first-order valence-electron chi connectivity index (χ1n) is 5.24. The molecule has 0 spiro atoms. The van der Waals surface area contributed by atoms with Crippen molar-refractivity contribution in [1.29, 1.82) is 0 Å². The van der Waals surface area contributed by atoms with Crippen LogP contribution >= 0.6 is 24.2 Å². The van der Waals surface area contributed by atoms with Crippen LogP contribution < -0.4 is 5.32 Å². The lowest BCUT2D eigenvalue weighted by Crippen LogP contribution is -2.12. The maximum Gasteiger partial charge on any atom is 0.225 e. The fraction of sp³-hybridized carbons (Fsp3) is 0.417. The molecule has 0 saturated heterocycles. The number of amides is 1. The lowest BCUT2D eigenvalue weighted by molar-refractivity contribution is -0.115. The van der Waals surface area contributed by atoms with Crippen LogP contribution in [0.3, 0.4) is 0 Å². The molecule has 16 heavy (non-hydrogen) atoms. The third-order valence-corrected chi connectivity index (χ3v) is 2.81. The van der Waals surface area contributed by atoms with Gasteiger partial charge in [-0.1, -0.05) is 31.5 Å². The van der Waals surface area contributed by atoms with E-state index in [0.717, 1.165) is 5.56 Å². The molecule has 1 aromatic rings. The van der Waals surface area contributed by atoms with E-state index in [2.05, 4.69) is 31.8 Å². The first kappa shape index (κ1) is 13.4. The highest BCUT2D eigenvalue weighted by Gasteiger charge is 2.07. The van der Waals surface area contributed by atoms with Gasteiger partial charge in [0, 0.05) is 6.42 Å². The highest BCUT2D eigenvalue weighted by molar-refractivity contribution is 7.80. The minimum absolute atomic E-state index is 0.0609. The predicted molar refractivity (Wildman–Crippen MR) is 72.6 cm³/mol. The smallest absolute Gasteiger partial charge is 0.225 e. The van der Waals surface area contributed by atoms with Crippen molar-refractivity contribution in [2.24, 2.45) is 0 Å². The van der Waals surface area contributed by atoms with Crippen molar-refractivity contribution in [3.8, 4) is 0 Å². The average molecular weight is 258 g/mol. The maximum absolute atomic E-state index is 11.4. The van der Waals surface area contributed by atoms with E-state index in [0.29, 0.717) is 28.8 Å². The van der Waals surface area contributed by atoms with Gasteiger partial charge < -0.3 is 5.32 Å². The molecule has 0 aliphatic rings. The van der Waals surface area contributed by atoms with Crippen LogP contribution in [-0.4, -0.2) is 11.7 Å². The van der Waals surface area contributed by atoms with Crippen LogP contribution in [0.15, 0.2) is 18.2 Å². The largest absolute Gasteiger partial charge is 0.325 e. The van der Waals surface area contributed by atoms with E-state index in [1.807, 2.05) is 18.2 Å². The highest BCUT2D eigenvalue weighted by atomic mass is 35.5. The second-order valence-corrected chi connectivity index (χ2v) is 4.77. The van der Waals surface area contributed by atoms with Crippen LogP contribution in [-0.2, 0) is 4.79 Å². The van der Waals surface area contributed by atoms with Gasteiger partial charge in [0.25, 0.3) is 0 Å². The second kappa shape index (κ2) is 6.16. The Balaban J connectivity index is 2.79. The lowest BCUT2D eigenvalue weighted by Gasteiger charge is -2.10. The average Bonchev–Trinajstić information content (AvgIpc) is 2.21. The summed E-state index contributed by atoms with van der Waals surface area (Å²) in [5, 5.41) is 3.34. The number of carbonyl (C=O) groups excluding carboxylic acids is 1. The van der Waals surface area contributed by atoms with E-state index in [1.165, 1.54) is 0 Å². The molecule has 0 fully saturated rings. The number of rotatable bonds is 4. The lowest BCUT2D eigenvalue weighted by atomic mass is 10.0. The Kier molecular flexibility index (Phi) is 5.16. The second-order valence-electron chi connectivity index (χ2n) is 3.92. The molecule has 0 bridgehead atoms. The quantitative estimate of drug-likeness (QED) is 0.791. The van der Waals surface area contributed by atoms with Gasteiger partial charge in [-0.25, -0.2) is 0 Å². The molecule has 0 saturated carbocycles. The number of nitrogens with one attached hydrogen (secondary N) is 1. The van der Waals surface area contributed by atoms with E-state index < -0.39 is 0 Å². The summed E-state index contributed by atoms with van der Waals surface area (Å²) < 4.78 is 0. The molecule has 0 aliphatic heterocycles. The van der Waals surface area contributed by atoms with Crippen LogP contribution in [0.5, 0.6) is 0 Å². The summed E-state index contributed by atoms with van der Waals surface area (Å²) in [4.78, 5) is 11.4. The minimum atomic E-state index is -0.0609. The molecule has 1 rings (SSSR count). The number of carbonyl (C=O) groups is 1.